The van der Waals surface area contributed by atoms with Gasteiger partial charge in [-0.05, 0) is 13.3 Å². The number of methoxy groups -OCH3 is 1. The third kappa shape index (κ3) is 6.11. The van der Waals surface area contributed by atoms with Gasteiger partial charge >= 0.3 is 0 Å². The molecule has 0 saturated carbocycles. The highest BCUT2D eigenvalue weighted by Crippen LogP contribution is 2.05. The summed E-state index contributed by atoms with van der Waals surface area (Å²) in [7, 11) is 1.72. The van der Waals surface area contributed by atoms with Crippen molar-refractivity contribution in [3.63, 3.8) is 0 Å². The van der Waals surface area contributed by atoms with Crippen LogP contribution in [0.1, 0.15) is 13.3 Å². The molecule has 0 aromatic heterocycles. The van der Waals surface area contributed by atoms with Gasteiger partial charge in [0.25, 0.3) is 0 Å². The fraction of sp³-hybridized carbons (Fsp3) is 1.00. The number of piperazine rings is 1. The zero-order chi connectivity index (χ0) is 13.2. The van der Waals surface area contributed by atoms with Crippen molar-refractivity contribution in [3.05, 3.63) is 0 Å². The molecule has 1 heterocycles. The standard InChI is InChI=1S/C13H29N3O2/c1-13(12-14)16-6-4-15(5-7-16)8-11-18-10-3-9-17-2/h13H,3-12,14H2,1-2H3. The van der Waals surface area contributed by atoms with Crippen LogP contribution in [0.5, 0.6) is 0 Å². The second kappa shape index (κ2) is 9.69. The smallest absolute Gasteiger partial charge is 0.0593 e. The first kappa shape index (κ1) is 15.9. The van der Waals surface area contributed by atoms with Gasteiger partial charge in [0.1, 0.15) is 0 Å². The van der Waals surface area contributed by atoms with Crippen LogP contribution >= 0.6 is 0 Å². The lowest BCUT2D eigenvalue weighted by molar-refractivity contribution is 0.0575. The van der Waals surface area contributed by atoms with Crippen LogP contribution in [0.4, 0.5) is 0 Å². The molecule has 1 rings (SSSR count). The van der Waals surface area contributed by atoms with Gasteiger partial charge in [0, 0.05) is 65.6 Å². The molecule has 1 aliphatic rings. The quantitative estimate of drug-likeness (QED) is 0.591. The van der Waals surface area contributed by atoms with E-state index in [0.717, 1.165) is 65.5 Å². The van der Waals surface area contributed by atoms with Gasteiger partial charge in [-0.2, -0.15) is 0 Å². The summed E-state index contributed by atoms with van der Waals surface area (Å²) in [5.41, 5.74) is 5.69. The molecular weight excluding hydrogens is 230 g/mol. The van der Waals surface area contributed by atoms with E-state index in [0.29, 0.717) is 6.04 Å². The van der Waals surface area contributed by atoms with Crippen molar-refractivity contribution in [1.29, 1.82) is 0 Å². The van der Waals surface area contributed by atoms with E-state index in [1.54, 1.807) is 7.11 Å². The Balaban J connectivity index is 1.98. The van der Waals surface area contributed by atoms with E-state index in [1.165, 1.54) is 0 Å². The fourth-order valence-corrected chi connectivity index (χ4v) is 2.18. The average Bonchev–Trinajstić information content (AvgIpc) is 2.42. The monoisotopic (exact) mass is 259 g/mol. The Morgan fingerprint density at radius 2 is 1.83 bits per heavy atom. The molecule has 0 radical (unpaired) electrons. The lowest BCUT2D eigenvalue weighted by Gasteiger charge is -2.37. The Hall–Kier alpha value is -0.200. The van der Waals surface area contributed by atoms with E-state index < -0.39 is 0 Å². The Morgan fingerprint density at radius 3 is 2.44 bits per heavy atom. The summed E-state index contributed by atoms with van der Waals surface area (Å²) in [4.78, 5) is 4.94. The molecule has 108 valence electrons. The minimum absolute atomic E-state index is 0.512. The molecule has 1 aliphatic heterocycles. The normalized spacial score (nSPS) is 20.2. The largest absolute Gasteiger partial charge is 0.385 e. The zero-order valence-electron chi connectivity index (χ0n) is 11.9. The van der Waals surface area contributed by atoms with Crippen molar-refractivity contribution in [2.45, 2.75) is 19.4 Å². The van der Waals surface area contributed by atoms with E-state index in [2.05, 4.69) is 16.7 Å². The Morgan fingerprint density at radius 1 is 1.11 bits per heavy atom. The first-order chi connectivity index (χ1) is 8.77. The van der Waals surface area contributed by atoms with Crippen LogP contribution in [0.15, 0.2) is 0 Å². The number of rotatable bonds is 9. The average molecular weight is 259 g/mol. The minimum Gasteiger partial charge on any atom is -0.385 e. The summed E-state index contributed by atoms with van der Waals surface area (Å²) in [6.45, 7) is 10.9. The summed E-state index contributed by atoms with van der Waals surface area (Å²) in [6, 6.07) is 0.512. The molecule has 0 spiro atoms. The topological polar surface area (TPSA) is 51.0 Å². The maximum absolute atomic E-state index is 5.69. The molecule has 1 unspecified atom stereocenters. The SMILES string of the molecule is COCCCOCCN1CCN(C(C)CN)CC1. The number of nitrogens with two attached hydrogens (primary N) is 1. The van der Waals surface area contributed by atoms with Crippen molar-refractivity contribution in [2.75, 3.05) is 66.2 Å². The van der Waals surface area contributed by atoms with Crippen LogP contribution in [0, 0.1) is 0 Å². The van der Waals surface area contributed by atoms with Crippen molar-refractivity contribution in [3.8, 4) is 0 Å². The van der Waals surface area contributed by atoms with Gasteiger partial charge in [-0.3, -0.25) is 9.80 Å². The molecule has 0 aromatic carbocycles. The van der Waals surface area contributed by atoms with Gasteiger partial charge in [0.05, 0.1) is 6.61 Å². The molecule has 0 bridgehead atoms. The third-order valence-electron chi connectivity index (χ3n) is 3.56. The highest BCUT2D eigenvalue weighted by molar-refractivity contribution is 4.76. The van der Waals surface area contributed by atoms with Crippen LogP contribution in [0.3, 0.4) is 0 Å². The zero-order valence-corrected chi connectivity index (χ0v) is 11.9. The second-order valence-corrected chi connectivity index (χ2v) is 4.92. The molecule has 5 nitrogen and oxygen atoms in total. The van der Waals surface area contributed by atoms with Gasteiger partial charge in [-0.1, -0.05) is 0 Å². The first-order valence-electron chi connectivity index (χ1n) is 7.01. The molecule has 18 heavy (non-hydrogen) atoms. The van der Waals surface area contributed by atoms with E-state index in [4.69, 9.17) is 15.2 Å². The number of ether oxygens (including phenoxy) is 2. The highest BCUT2D eigenvalue weighted by atomic mass is 16.5. The van der Waals surface area contributed by atoms with Crippen molar-refractivity contribution < 1.29 is 9.47 Å². The molecule has 1 fully saturated rings. The number of hydrogen-bond donors (Lipinski definition) is 1. The van der Waals surface area contributed by atoms with Crippen molar-refractivity contribution >= 4 is 0 Å². The van der Waals surface area contributed by atoms with E-state index in [9.17, 15) is 0 Å². The lowest BCUT2D eigenvalue weighted by Crippen LogP contribution is -2.51. The minimum atomic E-state index is 0.512. The highest BCUT2D eigenvalue weighted by Gasteiger charge is 2.19. The third-order valence-corrected chi connectivity index (χ3v) is 3.56. The first-order valence-corrected chi connectivity index (χ1v) is 7.01. The van der Waals surface area contributed by atoms with Gasteiger partial charge in [0.2, 0.25) is 0 Å². The fourth-order valence-electron chi connectivity index (χ4n) is 2.18. The van der Waals surface area contributed by atoms with Crippen LogP contribution < -0.4 is 5.73 Å². The Bertz CT molecular complexity index is 197. The lowest BCUT2D eigenvalue weighted by atomic mass is 10.2. The summed E-state index contributed by atoms with van der Waals surface area (Å²) >= 11 is 0. The van der Waals surface area contributed by atoms with Crippen molar-refractivity contribution in [2.24, 2.45) is 5.73 Å². The summed E-state index contributed by atoms with van der Waals surface area (Å²) in [5, 5.41) is 0. The van der Waals surface area contributed by atoms with Crippen LogP contribution in [0.2, 0.25) is 0 Å². The molecule has 0 aliphatic carbocycles. The summed E-state index contributed by atoms with van der Waals surface area (Å²) in [6.07, 6.45) is 0.984. The molecule has 5 heteroatoms. The molecule has 2 N–H and O–H groups in total. The molecule has 0 aromatic rings. The number of nitrogens with zero attached hydrogens (tertiary/aromatic N) is 2. The Kier molecular flexibility index (Phi) is 8.54. The molecular formula is C13H29N3O2. The van der Waals surface area contributed by atoms with E-state index in [1.807, 2.05) is 0 Å². The van der Waals surface area contributed by atoms with Crippen LogP contribution in [0.25, 0.3) is 0 Å². The molecule has 0 amide bonds. The van der Waals surface area contributed by atoms with Gasteiger partial charge in [-0.25, -0.2) is 0 Å². The summed E-state index contributed by atoms with van der Waals surface area (Å²) in [5.74, 6) is 0. The predicted molar refractivity (Wildman–Crippen MR) is 73.8 cm³/mol. The molecule has 1 saturated heterocycles. The number of hydrogen-bond acceptors (Lipinski definition) is 5. The Labute approximate surface area is 111 Å². The van der Waals surface area contributed by atoms with Crippen LogP contribution in [-0.4, -0.2) is 82.0 Å². The van der Waals surface area contributed by atoms with Gasteiger partial charge in [-0.15, -0.1) is 0 Å². The maximum atomic E-state index is 5.69. The van der Waals surface area contributed by atoms with Crippen LogP contribution in [-0.2, 0) is 9.47 Å². The second-order valence-electron chi connectivity index (χ2n) is 4.92. The summed E-state index contributed by atoms with van der Waals surface area (Å²) < 4.78 is 10.6. The van der Waals surface area contributed by atoms with Gasteiger partial charge in [0.15, 0.2) is 0 Å². The van der Waals surface area contributed by atoms with Crippen molar-refractivity contribution in [1.82, 2.24) is 9.80 Å². The molecule has 1 atom stereocenters. The van der Waals surface area contributed by atoms with Gasteiger partial charge < -0.3 is 15.2 Å². The predicted octanol–water partition coefficient (Wildman–Crippen LogP) is 0.00430. The maximum Gasteiger partial charge on any atom is 0.0593 e. The van der Waals surface area contributed by atoms with E-state index in [-0.39, 0.29) is 0 Å². The van der Waals surface area contributed by atoms with E-state index >= 15 is 0 Å².